The van der Waals surface area contributed by atoms with Gasteiger partial charge < -0.3 is 15.5 Å². The highest BCUT2D eigenvalue weighted by Crippen LogP contribution is 2.24. The normalized spacial score (nSPS) is 16.8. The van der Waals surface area contributed by atoms with Crippen LogP contribution in [0.25, 0.3) is 0 Å². The van der Waals surface area contributed by atoms with Gasteiger partial charge in [-0.2, -0.15) is 11.8 Å². The molecule has 6 nitrogen and oxygen atoms in total. The number of thioether (sulfide) groups is 1. The smallest absolute Gasteiger partial charge is 0.327 e. The molecule has 3 N–H and O–H groups in total. The van der Waals surface area contributed by atoms with Crippen molar-refractivity contribution in [3.05, 3.63) is 11.3 Å². The van der Waals surface area contributed by atoms with E-state index < -0.39 is 17.9 Å². The van der Waals surface area contributed by atoms with Crippen LogP contribution in [0.15, 0.2) is 11.3 Å². The molecule has 0 saturated carbocycles. The Labute approximate surface area is 108 Å². The summed E-state index contributed by atoms with van der Waals surface area (Å²) >= 11 is 1.20. The van der Waals surface area contributed by atoms with E-state index in [1.807, 2.05) is 0 Å². The number of carbonyl (C=O) groups excluding carboxylic acids is 2. The van der Waals surface area contributed by atoms with E-state index in [4.69, 9.17) is 5.11 Å². The van der Waals surface area contributed by atoms with Crippen LogP contribution in [0, 0.1) is 0 Å². The van der Waals surface area contributed by atoms with Gasteiger partial charge in [0.05, 0.1) is 0 Å². The Kier molecular flexibility index (Phi) is 5.21. The molecule has 100 valence electrons. The Hall–Kier alpha value is -1.50. The number of Topliss-reactive ketones (excluding diaryl/α,β-unsaturated/α-hetero) is 1. The molecule has 0 aliphatic heterocycles. The van der Waals surface area contributed by atoms with E-state index in [0.29, 0.717) is 18.4 Å². The molecule has 0 spiro atoms. The highest BCUT2D eigenvalue weighted by Gasteiger charge is 2.24. The van der Waals surface area contributed by atoms with Crippen LogP contribution >= 0.6 is 11.8 Å². The van der Waals surface area contributed by atoms with Gasteiger partial charge in [0.2, 0.25) is 5.91 Å². The van der Waals surface area contributed by atoms with Crippen LogP contribution in [-0.2, 0) is 14.4 Å². The van der Waals surface area contributed by atoms with Gasteiger partial charge in [-0.3, -0.25) is 9.59 Å². The van der Waals surface area contributed by atoms with E-state index in [2.05, 4.69) is 5.32 Å². The number of amides is 1. The second-order valence-electron chi connectivity index (χ2n) is 3.95. The maximum atomic E-state index is 11.4. The number of carboxylic acid groups (broad SMARTS) is 1. The summed E-state index contributed by atoms with van der Waals surface area (Å²) < 4.78 is 0. The third-order valence-corrected chi connectivity index (χ3v) is 3.54. The van der Waals surface area contributed by atoms with Crippen molar-refractivity contribution in [1.82, 2.24) is 5.32 Å². The van der Waals surface area contributed by atoms with Crippen LogP contribution in [0.2, 0.25) is 0 Å². The lowest BCUT2D eigenvalue weighted by molar-refractivity contribution is -0.140. The molecule has 0 heterocycles. The summed E-state index contributed by atoms with van der Waals surface area (Å²) in [6.45, 7) is 1.25. The highest BCUT2D eigenvalue weighted by atomic mass is 32.2. The van der Waals surface area contributed by atoms with Crippen molar-refractivity contribution < 1.29 is 24.6 Å². The molecule has 0 unspecified atom stereocenters. The number of hydrogen-bond donors (Lipinski definition) is 3. The summed E-state index contributed by atoms with van der Waals surface area (Å²) in [5.74, 6) is -1.10. The predicted molar refractivity (Wildman–Crippen MR) is 66.5 cm³/mol. The molecule has 0 aromatic heterocycles. The topological polar surface area (TPSA) is 104 Å². The molecule has 0 aromatic rings. The second kappa shape index (κ2) is 6.44. The predicted octanol–water partition coefficient (Wildman–Crippen LogP) is 0.484. The van der Waals surface area contributed by atoms with Gasteiger partial charge in [0.25, 0.3) is 0 Å². The van der Waals surface area contributed by atoms with Crippen molar-refractivity contribution >= 4 is 29.4 Å². The first-order chi connectivity index (χ1) is 8.41. The van der Waals surface area contributed by atoms with E-state index >= 15 is 0 Å². The molecule has 1 aliphatic rings. The molecular weight excluding hydrogens is 258 g/mol. The molecule has 0 aromatic carbocycles. The molecule has 1 atom stereocenters. The number of aliphatic hydroxyl groups excluding tert-OH is 1. The molecule has 0 fully saturated rings. The maximum Gasteiger partial charge on any atom is 0.327 e. The number of ketones is 1. The van der Waals surface area contributed by atoms with Crippen molar-refractivity contribution in [2.75, 3.05) is 11.5 Å². The van der Waals surface area contributed by atoms with Crippen molar-refractivity contribution in [2.24, 2.45) is 0 Å². The molecule has 0 bridgehead atoms. The van der Waals surface area contributed by atoms with Crippen molar-refractivity contribution in [3.8, 4) is 0 Å². The Morgan fingerprint density at radius 2 is 2.11 bits per heavy atom. The molecule has 7 heteroatoms. The Bertz CT molecular complexity index is 404. The molecule has 0 saturated heterocycles. The number of carbonyl (C=O) groups is 3. The number of nitrogens with one attached hydrogen (secondary N) is 1. The van der Waals surface area contributed by atoms with Crippen LogP contribution in [-0.4, -0.2) is 45.4 Å². The number of aliphatic carboxylic acids is 1. The first-order valence-corrected chi connectivity index (χ1v) is 6.59. The molecule has 1 rings (SSSR count). The lowest BCUT2D eigenvalue weighted by Gasteiger charge is -2.12. The van der Waals surface area contributed by atoms with Crippen LogP contribution < -0.4 is 5.32 Å². The Morgan fingerprint density at radius 3 is 2.56 bits per heavy atom. The van der Waals surface area contributed by atoms with Gasteiger partial charge in [0.15, 0.2) is 5.78 Å². The van der Waals surface area contributed by atoms with Gasteiger partial charge >= 0.3 is 5.97 Å². The third kappa shape index (κ3) is 4.06. The quantitative estimate of drug-likeness (QED) is 0.650. The summed E-state index contributed by atoms with van der Waals surface area (Å²) in [6, 6.07) is -0.980. The van der Waals surface area contributed by atoms with Crippen molar-refractivity contribution in [1.29, 1.82) is 0 Å². The summed E-state index contributed by atoms with van der Waals surface area (Å²) in [7, 11) is 0. The average Bonchev–Trinajstić information content (AvgIpc) is 2.58. The fraction of sp³-hybridized carbons (Fsp3) is 0.545. The van der Waals surface area contributed by atoms with Gasteiger partial charge in [-0.1, -0.05) is 0 Å². The number of hydrogen-bond acceptors (Lipinski definition) is 5. The molecule has 0 radical (unpaired) electrons. The van der Waals surface area contributed by atoms with E-state index in [-0.39, 0.29) is 23.0 Å². The standard InChI is InChI=1S/C11H15NO5S/c1-6(13)12-8(11(16)17)5-18-4-7-9(14)2-3-10(7)15/h8,14H,2-5H2,1H3,(H,12,13)(H,16,17)/t8-/m0/s1. The van der Waals surface area contributed by atoms with Crippen molar-refractivity contribution in [3.63, 3.8) is 0 Å². The fourth-order valence-corrected chi connectivity index (χ4v) is 2.67. The SMILES string of the molecule is CC(=O)N[C@@H](CSCC1=C(O)CCC1=O)C(=O)O. The Morgan fingerprint density at radius 1 is 1.44 bits per heavy atom. The summed E-state index contributed by atoms with van der Waals surface area (Å²) in [5.41, 5.74) is 0.368. The van der Waals surface area contributed by atoms with E-state index in [9.17, 15) is 19.5 Å². The zero-order valence-electron chi connectivity index (χ0n) is 9.93. The zero-order valence-corrected chi connectivity index (χ0v) is 10.7. The van der Waals surface area contributed by atoms with E-state index in [1.54, 1.807) is 0 Å². The number of carboxylic acids is 1. The number of rotatable bonds is 6. The second-order valence-corrected chi connectivity index (χ2v) is 4.99. The first-order valence-electron chi connectivity index (χ1n) is 5.43. The lowest BCUT2D eigenvalue weighted by atomic mass is 10.2. The monoisotopic (exact) mass is 273 g/mol. The van der Waals surface area contributed by atoms with Crippen LogP contribution in [0.4, 0.5) is 0 Å². The fourth-order valence-electron chi connectivity index (χ4n) is 1.56. The first kappa shape index (κ1) is 14.6. The largest absolute Gasteiger partial charge is 0.512 e. The minimum atomic E-state index is -1.12. The minimum absolute atomic E-state index is 0.0913. The van der Waals surface area contributed by atoms with Gasteiger partial charge in [-0.15, -0.1) is 0 Å². The minimum Gasteiger partial charge on any atom is -0.512 e. The average molecular weight is 273 g/mol. The Balaban J connectivity index is 2.44. The van der Waals surface area contributed by atoms with E-state index in [0.717, 1.165) is 0 Å². The lowest BCUT2D eigenvalue weighted by Crippen LogP contribution is -2.41. The summed E-state index contributed by atoms with van der Waals surface area (Å²) in [4.78, 5) is 33.0. The van der Waals surface area contributed by atoms with Gasteiger partial charge in [-0.05, 0) is 0 Å². The molecule has 1 amide bonds. The molecular formula is C11H15NO5S. The maximum absolute atomic E-state index is 11.4. The number of allylic oxidation sites excluding steroid dienone is 1. The van der Waals surface area contributed by atoms with Crippen molar-refractivity contribution in [2.45, 2.75) is 25.8 Å². The summed E-state index contributed by atoms with van der Waals surface area (Å²) in [5, 5.41) is 20.6. The highest BCUT2D eigenvalue weighted by molar-refractivity contribution is 7.99. The molecule has 18 heavy (non-hydrogen) atoms. The zero-order chi connectivity index (χ0) is 13.7. The third-order valence-electron chi connectivity index (χ3n) is 2.48. The van der Waals surface area contributed by atoms with Gasteiger partial charge in [-0.25, -0.2) is 4.79 Å². The van der Waals surface area contributed by atoms with Crippen LogP contribution in [0.5, 0.6) is 0 Å². The van der Waals surface area contributed by atoms with Crippen LogP contribution in [0.1, 0.15) is 19.8 Å². The summed E-state index contributed by atoms with van der Waals surface area (Å²) in [6.07, 6.45) is 0.679. The van der Waals surface area contributed by atoms with Gasteiger partial charge in [0.1, 0.15) is 11.8 Å². The van der Waals surface area contributed by atoms with Crippen LogP contribution in [0.3, 0.4) is 0 Å². The van der Waals surface area contributed by atoms with E-state index in [1.165, 1.54) is 18.7 Å². The van der Waals surface area contributed by atoms with Gasteiger partial charge in [0, 0.05) is 36.8 Å². The number of aliphatic hydroxyl groups is 1. The molecule has 1 aliphatic carbocycles.